The number of nitrogens with one attached hydrogen (secondary N) is 2. The molecule has 242 valence electrons. The number of amidine groups is 1. The molecule has 45 heavy (non-hydrogen) atoms. The molecule has 1 fully saturated rings. The summed E-state index contributed by atoms with van der Waals surface area (Å²) in [4.78, 5) is 27.8. The maximum absolute atomic E-state index is 16.5. The average molecular weight is 629 g/mol. The van der Waals surface area contributed by atoms with E-state index in [4.69, 9.17) is 25.4 Å². The van der Waals surface area contributed by atoms with Crippen molar-refractivity contribution in [3.8, 4) is 17.2 Å². The number of hydrazine groups is 1. The van der Waals surface area contributed by atoms with Gasteiger partial charge in [-0.2, -0.15) is 0 Å². The zero-order valence-corrected chi connectivity index (χ0v) is 25.6. The summed E-state index contributed by atoms with van der Waals surface area (Å²) >= 11 is 0. The Hall–Kier alpha value is -4.69. The summed E-state index contributed by atoms with van der Waals surface area (Å²) in [5, 5.41) is 19.2. The first kappa shape index (κ1) is 33.2. The number of amides is 1. The Labute approximate surface area is 260 Å². The Bertz CT molecular complexity index is 1510. The predicted octanol–water partition coefficient (Wildman–Crippen LogP) is 3.25. The molecule has 5 N–H and O–H groups in total. The lowest BCUT2D eigenvalue weighted by atomic mass is 9.86. The van der Waals surface area contributed by atoms with E-state index in [1.807, 2.05) is 4.90 Å². The monoisotopic (exact) mass is 628 g/mol. The van der Waals surface area contributed by atoms with Crippen LogP contribution in [0, 0.1) is 11.3 Å². The molecule has 2 heterocycles. The van der Waals surface area contributed by atoms with Crippen molar-refractivity contribution >= 4 is 17.7 Å². The van der Waals surface area contributed by atoms with Crippen molar-refractivity contribution in [3.05, 3.63) is 76.7 Å². The highest BCUT2D eigenvalue weighted by Gasteiger charge is 2.43. The number of phenolic OH excluding ortho intramolecular Hbond substituents is 1. The number of hydrogen-bond acceptors (Lipinski definition) is 10. The van der Waals surface area contributed by atoms with E-state index in [-0.39, 0.29) is 59.2 Å². The first-order valence-corrected chi connectivity index (χ1v) is 14.4. The topological polar surface area (TPSA) is 154 Å². The van der Waals surface area contributed by atoms with Crippen LogP contribution in [-0.4, -0.2) is 91.2 Å². The summed E-state index contributed by atoms with van der Waals surface area (Å²) in [7, 11) is 4.60. The van der Waals surface area contributed by atoms with Crippen LogP contribution in [0.5, 0.6) is 17.2 Å². The normalized spacial score (nSPS) is 17.7. The van der Waals surface area contributed by atoms with Gasteiger partial charge in [-0.15, -0.1) is 0 Å². The van der Waals surface area contributed by atoms with Crippen molar-refractivity contribution in [2.24, 2.45) is 11.7 Å². The van der Waals surface area contributed by atoms with Gasteiger partial charge in [0.15, 0.2) is 23.2 Å². The van der Waals surface area contributed by atoms with Gasteiger partial charge < -0.3 is 30.0 Å². The van der Waals surface area contributed by atoms with Gasteiger partial charge in [0.2, 0.25) is 6.23 Å². The fraction of sp³-hybridized carbons (Fsp3) is 0.387. The molecule has 0 saturated carbocycles. The Morgan fingerprint density at radius 1 is 1.13 bits per heavy atom. The molecular formula is C31H38F2N6O6. The zero-order chi connectivity index (χ0) is 32.8. The second-order valence-electron chi connectivity index (χ2n) is 10.7. The molecular weight excluding hydrogens is 590 g/mol. The SMILES string of the molecule is CCOC(=O)CN1CCC(C2=C(F)C(Oc3cc(C(=N)N)ccc3O)N(NC)C(Oc3cccc(C(=O)N(C)C)c3)=C2F)CC1. The highest BCUT2D eigenvalue weighted by molar-refractivity contribution is 5.95. The molecule has 1 saturated heterocycles. The largest absolute Gasteiger partial charge is 0.504 e. The van der Waals surface area contributed by atoms with Crippen molar-refractivity contribution in [1.82, 2.24) is 20.2 Å². The van der Waals surface area contributed by atoms with Crippen LogP contribution in [0.15, 0.2) is 65.6 Å². The molecule has 0 aliphatic carbocycles. The second-order valence-corrected chi connectivity index (χ2v) is 10.7. The minimum atomic E-state index is -1.66. The van der Waals surface area contributed by atoms with E-state index in [0.717, 1.165) is 5.01 Å². The molecule has 12 nitrogen and oxygen atoms in total. The lowest BCUT2D eigenvalue weighted by Crippen LogP contribution is -2.51. The molecule has 2 aliphatic heterocycles. The van der Waals surface area contributed by atoms with E-state index in [0.29, 0.717) is 31.5 Å². The van der Waals surface area contributed by atoms with E-state index >= 15 is 8.78 Å². The molecule has 0 radical (unpaired) electrons. The summed E-state index contributed by atoms with van der Waals surface area (Å²) in [5.41, 5.74) is 8.56. The molecule has 0 bridgehead atoms. The molecule has 1 unspecified atom stereocenters. The minimum absolute atomic E-state index is 0.0712. The maximum Gasteiger partial charge on any atom is 0.320 e. The molecule has 2 aliphatic rings. The fourth-order valence-corrected chi connectivity index (χ4v) is 5.20. The number of aromatic hydroxyl groups is 1. The van der Waals surface area contributed by atoms with Gasteiger partial charge in [-0.05, 0) is 75.2 Å². The van der Waals surface area contributed by atoms with Gasteiger partial charge in [0.1, 0.15) is 11.6 Å². The van der Waals surface area contributed by atoms with Crippen LogP contribution in [0.3, 0.4) is 0 Å². The number of benzene rings is 2. The van der Waals surface area contributed by atoms with Crippen LogP contribution in [-0.2, 0) is 9.53 Å². The Kier molecular flexibility index (Phi) is 10.6. The van der Waals surface area contributed by atoms with E-state index in [9.17, 15) is 14.7 Å². The number of esters is 1. The first-order chi connectivity index (χ1) is 21.4. The minimum Gasteiger partial charge on any atom is -0.504 e. The number of nitrogen functional groups attached to an aromatic ring is 1. The van der Waals surface area contributed by atoms with Crippen LogP contribution in [0.25, 0.3) is 0 Å². The van der Waals surface area contributed by atoms with Gasteiger partial charge in [0, 0.05) is 37.8 Å². The molecule has 4 rings (SSSR count). The van der Waals surface area contributed by atoms with Crippen LogP contribution in [0.2, 0.25) is 0 Å². The number of halogens is 2. The maximum atomic E-state index is 16.5. The molecule has 1 amide bonds. The van der Waals surface area contributed by atoms with Crippen molar-refractivity contribution in [1.29, 1.82) is 5.41 Å². The lowest BCUT2D eigenvalue weighted by molar-refractivity contribution is -0.144. The number of likely N-dealkylation sites (tertiary alicyclic amines) is 1. The molecule has 14 heteroatoms. The molecule has 2 aromatic carbocycles. The van der Waals surface area contributed by atoms with Gasteiger partial charge in [0.05, 0.1) is 13.2 Å². The summed E-state index contributed by atoms with van der Waals surface area (Å²) in [6, 6.07) is 10.1. The average Bonchev–Trinajstić information content (AvgIpc) is 3.01. The van der Waals surface area contributed by atoms with Crippen LogP contribution < -0.4 is 20.6 Å². The van der Waals surface area contributed by atoms with Crippen LogP contribution in [0.4, 0.5) is 8.78 Å². The zero-order valence-electron chi connectivity index (χ0n) is 25.6. The number of hydrogen-bond donors (Lipinski definition) is 4. The van der Waals surface area contributed by atoms with Gasteiger partial charge in [0.25, 0.3) is 11.8 Å². The Balaban J connectivity index is 1.73. The number of phenols is 1. The standard InChI is InChI=1S/C31H38F2N6O6/c1-5-43-24(41)17-38-13-11-18(12-14-38)25-26(32)30(44-21-8-6-7-20(15-21)29(42)37(3)4)39(36-2)31(27(25)33)45-23-16-19(28(34)35)9-10-22(23)40/h6-10,15-16,18,31,36,40H,5,11-14,17H2,1-4H3,(H3,34,35). The molecule has 2 aromatic rings. The summed E-state index contributed by atoms with van der Waals surface area (Å²) in [6.07, 6.45) is -1.00. The van der Waals surface area contributed by atoms with Crippen molar-refractivity contribution in [2.75, 3.05) is 47.4 Å². The Morgan fingerprint density at radius 3 is 2.47 bits per heavy atom. The third kappa shape index (κ3) is 7.52. The van der Waals surface area contributed by atoms with Crippen molar-refractivity contribution in [3.63, 3.8) is 0 Å². The summed E-state index contributed by atoms with van der Waals surface area (Å²) < 4.78 is 50.0. The smallest absolute Gasteiger partial charge is 0.320 e. The lowest BCUT2D eigenvalue weighted by Gasteiger charge is -2.39. The van der Waals surface area contributed by atoms with Crippen molar-refractivity contribution < 1.29 is 37.7 Å². The number of allylic oxidation sites excluding steroid dienone is 2. The summed E-state index contributed by atoms with van der Waals surface area (Å²) in [5.74, 6) is -4.39. The highest BCUT2D eigenvalue weighted by atomic mass is 19.1. The van der Waals surface area contributed by atoms with Gasteiger partial charge in [-0.1, -0.05) is 6.07 Å². The number of piperidine rings is 1. The van der Waals surface area contributed by atoms with E-state index in [2.05, 4.69) is 5.43 Å². The number of carbonyl (C=O) groups excluding carboxylic acids is 2. The quantitative estimate of drug-likeness (QED) is 0.166. The predicted molar refractivity (Wildman–Crippen MR) is 162 cm³/mol. The first-order valence-electron chi connectivity index (χ1n) is 14.4. The number of nitrogens with zero attached hydrogens (tertiary/aromatic N) is 3. The van der Waals surface area contributed by atoms with Crippen LogP contribution in [0.1, 0.15) is 35.7 Å². The third-order valence-corrected chi connectivity index (χ3v) is 7.46. The number of rotatable bonds is 11. The number of nitrogens with two attached hydrogens (primary N) is 1. The van der Waals surface area contributed by atoms with Crippen LogP contribution >= 0.6 is 0 Å². The van der Waals surface area contributed by atoms with E-state index < -0.39 is 29.7 Å². The number of ether oxygens (including phenoxy) is 3. The third-order valence-electron chi connectivity index (χ3n) is 7.46. The summed E-state index contributed by atoms with van der Waals surface area (Å²) in [6.45, 7) is 2.83. The van der Waals surface area contributed by atoms with Gasteiger partial charge in [-0.25, -0.2) is 19.2 Å². The van der Waals surface area contributed by atoms with Crippen molar-refractivity contribution in [2.45, 2.75) is 26.0 Å². The second kappa shape index (κ2) is 14.4. The fourth-order valence-electron chi connectivity index (χ4n) is 5.20. The Morgan fingerprint density at radius 2 is 1.84 bits per heavy atom. The van der Waals surface area contributed by atoms with Gasteiger partial charge >= 0.3 is 5.97 Å². The van der Waals surface area contributed by atoms with Gasteiger partial charge in [-0.3, -0.25) is 19.9 Å². The molecule has 1 atom stereocenters. The number of carbonyl (C=O) groups is 2. The van der Waals surface area contributed by atoms with E-state index in [1.54, 1.807) is 33.2 Å². The highest BCUT2D eigenvalue weighted by Crippen LogP contribution is 2.42. The molecule has 0 aromatic heterocycles. The molecule has 0 spiro atoms. The van der Waals surface area contributed by atoms with E-state index in [1.165, 1.54) is 42.3 Å².